The summed E-state index contributed by atoms with van der Waals surface area (Å²) < 4.78 is 13.5. The molecule has 156 valence electrons. The van der Waals surface area contributed by atoms with Crippen molar-refractivity contribution in [2.45, 2.75) is 25.9 Å². The molecule has 2 aliphatic rings. The number of benzene rings is 1. The van der Waals surface area contributed by atoms with Gasteiger partial charge in [-0.2, -0.15) is 0 Å². The van der Waals surface area contributed by atoms with Crippen LogP contribution in [0.3, 0.4) is 0 Å². The summed E-state index contributed by atoms with van der Waals surface area (Å²) in [5.74, 6) is -0.885. The van der Waals surface area contributed by atoms with Crippen molar-refractivity contribution in [1.29, 1.82) is 0 Å². The third kappa shape index (κ3) is 3.90. The van der Waals surface area contributed by atoms with Gasteiger partial charge in [-0.3, -0.25) is 19.4 Å². The Balaban J connectivity index is 1.49. The molecule has 2 aromatic rings. The van der Waals surface area contributed by atoms with E-state index in [1.54, 1.807) is 34.2 Å². The third-order valence-corrected chi connectivity index (χ3v) is 5.66. The first-order valence-electron chi connectivity index (χ1n) is 9.97. The smallest absolute Gasteiger partial charge is 0.272 e. The van der Waals surface area contributed by atoms with Crippen LogP contribution in [0.15, 0.2) is 42.6 Å². The molecule has 30 heavy (non-hydrogen) atoms. The molecule has 8 heteroatoms. The number of pyridine rings is 1. The number of piperazine rings is 1. The average molecular weight is 410 g/mol. The zero-order valence-electron chi connectivity index (χ0n) is 16.8. The summed E-state index contributed by atoms with van der Waals surface area (Å²) in [7, 11) is 0. The molecule has 1 aromatic heterocycles. The number of aryl methyl sites for hydroxylation is 1. The van der Waals surface area contributed by atoms with Crippen LogP contribution in [-0.2, 0) is 16.1 Å². The molecule has 0 aliphatic carbocycles. The highest BCUT2D eigenvalue weighted by Gasteiger charge is 2.41. The Labute approximate surface area is 174 Å². The predicted molar refractivity (Wildman–Crippen MR) is 107 cm³/mol. The van der Waals surface area contributed by atoms with E-state index in [4.69, 9.17) is 0 Å². The van der Waals surface area contributed by atoms with E-state index in [-0.39, 0.29) is 36.6 Å². The second kappa shape index (κ2) is 8.22. The quantitative estimate of drug-likeness (QED) is 0.771. The zero-order valence-corrected chi connectivity index (χ0v) is 16.8. The lowest BCUT2D eigenvalue weighted by molar-refractivity contribution is -0.156. The number of amides is 3. The van der Waals surface area contributed by atoms with E-state index in [0.717, 1.165) is 5.56 Å². The fourth-order valence-electron chi connectivity index (χ4n) is 4.08. The summed E-state index contributed by atoms with van der Waals surface area (Å²) in [6, 6.07) is 9.03. The minimum Gasteiger partial charge on any atom is -0.335 e. The molecular formula is C22H23FN4O3. The first kappa shape index (κ1) is 20.0. The Morgan fingerprint density at radius 3 is 2.77 bits per heavy atom. The summed E-state index contributed by atoms with van der Waals surface area (Å²) >= 11 is 0. The summed E-state index contributed by atoms with van der Waals surface area (Å²) in [4.78, 5) is 47.6. The molecule has 0 N–H and O–H groups in total. The van der Waals surface area contributed by atoms with Crippen LogP contribution >= 0.6 is 0 Å². The standard InChI is InChI=1S/C22H23FN4O3/c1-15-4-3-8-24-20(15)22(30)25-9-7-18-21(29)26(14-19(28)27(18)11-10-25)13-16-5-2-6-17(23)12-16/h2-6,8,12,18H,7,9-11,13-14H2,1H3. The van der Waals surface area contributed by atoms with Gasteiger partial charge in [0.2, 0.25) is 11.8 Å². The lowest BCUT2D eigenvalue weighted by atomic mass is 10.1. The van der Waals surface area contributed by atoms with E-state index < -0.39 is 6.04 Å². The molecule has 2 saturated heterocycles. The first-order valence-corrected chi connectivity index (χ1v) is 9.97. The second-order valence-electron chi connectivity index (χ2n) is 7.68. The van der Waals surface area contributed by atoms with Crippen molar-refractivity contribution in [3.05, 3.63) is 65.2 Å². The van der Waals surface area contributed by atoms with Gasteiger partial charge in [0.1, 0.15) is 24.1 Å². The minimum atomic E-state index is -0.609. The summed E-state index contributed by atoms with van der Waals surface area (Å²) in [6.07, 6.45) is 1.94. The van der Waals surface area contributed by atoms with E-state index in [1.165, 1.54) is 17.0 Å². The lowest BCUT2D eigenvalue weighted by Gasteiger charge is -2.39. The predicted octanol–water partition coefficient (Wildman–Crippen LogP) is 1.61. The maximum absolute atomic E-state index is 13.5. The van der Waals surface area contributed by atoms with Crippen LogP contribution < -0.4 is 0 Å². The lowest BCUT2D eigenvalue weighted by Crippen LogP contribution is -2.59. The van der Waals surface area contributed by atoms with Crippen molar-refractivity contribution in [3.63, 3.8) is 0 Å². The topological polar surface area (TPSA) is 73.8 Å². The van der Waals surface area contributed by atoms with Crippen LogP contribution in [0, 0.1) is 12.7 Å². The molecule has 7 nitrogen and oxygen atoms in total. The Hall–Kier alpha value is -3.29. The van der Waals surface area contributed by atoms with E-state index in [1.807, 2.05) is 13.0 Å². The maximum atomic E-state index is 13.5. The van der Waals surface area contributed by atoms with Crippen molar-refractivity contribution >= 4 is 17.7 Å². The first-order chi connectivity index (χ1) is 14.4. The van der Waals surface area contributed by atoms with Gasteiger partial charge in [0.15, 0.2) is 0 Å². The highest BCUT2D eigenvalue weighted by molar-refractivity contribution is 5.96. The molecule has 4 rings (SSSR count). The van der Waals surface area contributed by atoms with Crippen LogP contribution in [-0.4, -0.2) is 69.6 Å². The van der Waals surface area contributed by atoms with Gasteiger partial charge in [-0.25, -0.2) is 4.39 Å². The van der Waals surface area contributed by atoms with Crippen LogP contribution in [0.1, 0.15) is 28.0 Å². The Morgan fingerprint density at radius 2 is 2.00 bits per heavy atom. The van der Waals surface area contributed by atoms with Crippen molar-refractivity contribution in [1.82, 2.24) is 19.7 Å². The van der Waals surface area contributed by atoms with Gasteiger partial charge in [0.25, 0.3) is 5.91 Å². The van der Waals surface area contributed by atoms with Crippen molar-refractivity contribution in [3.8, 4) is 0 Å². The number of carbonyl (C=O) groups is 3. The number of nitrogens with zero attached hydrogens (tertiary/aromatic N) is 4. The summed E-state index contributed by atoms with van der Waals surface area (Å²) in [5, 5.41) is 0. The monoisotopic (exact) mass is 410 g/mol. The normalized spacial score (nSPS) is 19.5. The van der Waals surface area contributed by atoms with Crippen LogP contribution in [0.25, 0.3) is 0 Å². The molecule has 2 aliphatic heterocycles. The number of fused-ring (bicyclic) bond motifs is 1. The third-order valence-electron chi connectivity index (χ3n) is 5.66. The molecular weight excluding hydrogens is 387 g/mol. The molecule has 3 heterocycles. The summed E-state index contributed by atoms with van der Waals surface area (Å²) in [5.41, 5.74) is 1.82. The zero-order chi connectivity index (χ0) is 21.3. The van der Waals surface area contributed by atoms with Crippen molar-refractivity contribution in [2.75, 3.05) is 26.2 Å². The fraction of sp³-hybridized carbons (Fsp3) is 0.364. The number of aromatic nitrogens is 1. The molecule has 1 unspecified atom stereocenters. The van der Waals surface area contributed by atoms with E-state index in [0.29, 0.717) is 37.3 Å². The molecule has 2 fully saturated rings. The van der Waals surface area contributed by atoms with Gasteiger partial charge in [-0.05, 0) is 42.7 Å². The molecule has 3 amide bonds. The van der Waals surface area contributed by atoms with Crippen LogP contribution in [0.5, 0.6) is 0 Å². The van der Waals surface area contributed by atoms with E-state index >= 15 is 0 Å². The minimum absolute atomic E-state index is 0.0425. The van der Waals surface area contributed by atoms with Gasteiger partial charge < -0.3 is 14.7 Å². The van der Waals surface area contributed by atoms with E-state index in [9.17, 15) is 18.8 Å². The van der Waals surface area contributed by atoms with Crippen LogP contribution in [0.2, 0.25) is 0 Å². The van der Waals surface area contributed by atoms with Gasteiger partial charge in [0.05, 0.1) is 0 Å². The molecule has 0 saturated carbocycles. The average Bonchev–Trinajstić information content (AvgIpc) is 2.95. The molecule has 0 bridgehead atoms. The van der Waals surface area contributed by atoms with Gasteiger partial charge in [-0.15, -0.1) is 0 Å². The maximum Gasteiger partial charge on any atom is 0.272 e. The number of rotatable bonds is 3. The van der Waals surface area contributed by atoms with E-state index in [2.05, 4.69) is 4.98 Å². The Morgan fingerprint density at radius 1 is 1.17 bits per heavy atom. The molecule has 1 atom stereocenters. The van der Waals surface area contributed by atoms with Crippen molar-refractivity contribution < 1.29 is 18.8 Å². The van der Waals surface area contributed by atoms with Gasteiger partial charge in [0, 0.05) is 32.4 Å². The van der Waals surface area contributed by atoms with Gasteiger partial charge in [-0.1, -0.05) is 18.2 Å². The molecule has 0 radical (unpaired) electrons. The highest BCUT2D eigenvalue weighted by atomic mass is 19.1. The van der Waals surface area contributed by atoms with Crippen LogP contribution in [0.4, 0.5) is 4.39 Å². The van der Waals surface area contributed by atoms with Gasteiger partial charge >= 0.3 is 0 Å². The van der Waals surface area contributed by atoms with Crippen molar-refractivity contribution in [2.24, 2.45) is 0 Å². The largest absolute Gasteiger partial charge is 0.335 e. The highest BCUT2D eigenvalue weighted by Crippen LogP contribution is 2.22. The Bertz CT molecular complexity index is 996. The number of carbonyl (C=O) groups excluding carboxylic acids is 3. The summed E-state index contributed by atoms with van der Waals surface area (Å²) in [6.45, 7) is 3.00. The molecule has 1 aromatic carbocycles. The molecule has 0 spiro atoms. The number of hydrogen-bond donors (Lipinski definition) is 0. The fourth-order valence-corrected chi connectivity index (χ4v) is 4.08. The second-order valence-corrected chi connectivity index (χ2v) is 7.68. The Kier molecular flexibility index (Phi) is 5.48. The SMILES string of the molecule is Cc1cccnc1C(=O)N1CCC2C(=O)N(Cc3cccc(F)c3)CC(=O)N2CC1. The number of hydrogen-bond acceptors (Lipinski definition) is 4. The number of halogens is 1.